The summed E-state index contributed by atoms with van der Waals surface area (Å²) in [4.78, 5) is 13.4. The van der Waals surface area contributed by atoms with E-state index in [4.69, 9.17) is 9.47 Å². The minimum atomic E-state index is -0.390. The number of hydrogen-bond acceptors (Lipinski definition) is 4. The van der Waals surface area contributed by atoms with Crippen LogP contribution in [0.2, 0.25) is 0 Å². The molecule has 0 spiro atoms. The third-order valence-electron chi connectivity index (χ3n) is 3.50. The fourth-order valence-corrected chi connectivity index (χ4v) is 2.50. The summed E-state index contributed by atoms with van der Waals surface area (Å²) in [5.41, 5.74) is 0.739. The van der Waals surface area contributed by atoms with E-state index < -0.39 is 0 Å². The van der Waals surface area contributed by atoms with Gasteiger partial charge in [0, 0.05) is 32.9 Å². The second-order valence-electron chi connectivity index (χ2n) is 4.65. The van der Waals surface area contributed by atoms with Crippen LogP contribution in [0.15, 0.2) is 18.2 Å². The second-order valence-corrected chi connectivity index (χ2v) is 4.65. The van der Waals surface area contributed by atoms with Gasteiger partial charge in [-0.15, -0.1) is 0 Å². The molecule has 2 atom stereocenters. The molecular weight excluding hydrogens is 249 g/mol. The van der Waals surface area contributed by atoms with Gasteiger partial charge >= 0.3 is 0 Å². The third kappa shape index (κ3) is 2.62. The maximum absolute atomic E-state index is 14.0. The van der Waals surface area contributed by atoms with Crippen LogP contribution in [0.4, 0.5) is 10.1 Å². The van der Waals surface area contributed by atoms with Crippen LogP contribution < -0.4 is 4.90 Å². The molecule has 1 aliphatic heterocycles. The van der Waals surface area contributed by atoms with Gasteiger partial charge in [0.25, 0.3) is 0 Å². The Morgan fingerprint density at radius 3 is 2.32 bits per heavy atom. The largest absolute Gasteiger partial charge is 0.377 e. The van der Waals surface area contributed by atoms with E-state index in [9.17, 15) is 9.18 Å². The molecule has 4 nitrogen and oxygen atoms in total. The highest BCUT2D eigenvalue weighted by Crippen LogP contribution is 2.29. The van der Waals surface area contributed by atoms with Crippen molar-refractivity contribution in [3.8, 4) is 0 Å². The van der Waals surface area contributed by atoms with Gasteiger partial charge < -0.3 is 14.4 Å². The minimum absolute atomic E-state index is 0.121. The Morgan fingerprint density at radius 2 is 1.84 bits per heavy atom. The summed E-state index contributed by atoms with van der Waals surface area (Å²) < 4.78 is 24.7. The van der Waals surface area contributed by atoms with Gasteiger partial charge in [0.05, 0.1) is 5.69 Å². The fraction of sp³-hybridized carbons (Fsp3) is 0.500. The van der Waals surface area contributed by atoms with Crippen LogP contribution in [0, 0.1) is 5.82 Å². The highest BCUT2D eigenvalue weighted by Gasteiger charge is 2.35. The monoisotopic (exact) mass is 267 g/mol. The molecule has 1 aliphatic rings. The van der Waals surface area contributed by atoms with E-state index in [1.165, 1.54) is 13.0 Å². The smallest absolute Gasteiger partial charge is 0.161 e. The number of benzene rings is 1. The lowest BCUT2D eigenvalue weighted by molar-refractivity contribution is -0.00461. The molecule has 0 aliphatic carbocycles. The van der Waals surface area contributed by atoms with Crippen molar-refractivity contribution >= 4 is 11.5 Å². The van der Waals surface area contributed by atoms with E-state index in [2.05, 4.69) is 0 Å². The summed E-state index contributed by atoms with van der Waals surface area (Å²) in [5.74, 6) is -0.538. The Hall–Kier alpha value is -1.46. The lowest BCUT2D eigenvalue weighted by atomic mass is 10.1. The molecule has 1 saturated heterocycles. The zero-order chi connectivity index (χ0) is 14.0. The Kier molecular flexibility index (Phi) is 4.17. The van der Waals surface area contributed by atoms with Crippen LogP contribution >= 0.6 is 0 Å². The van der Waals surface area contributed by atoms with Crippen LogP contribution in [0.25, 0.3) is 0 Å². The molecule has 0 aromatic heterocycles. The van der Waals surface area contributed by atoms with E-state index in [0.717, 1.165) is 0 Å². The maximum Gasteiger partial charge on any atom is 0.161 e. The first-order valence-electron chi connectivity index (χ1n) is 6.18. The van der Waals surface area contributed by atoms with Gasteiger partial charge in [-0.1, -0.05) is 6.07 Å². The lowest BCUT2D eigenvalue weighted by Gasteiger charge is -2.21. The van der Waals surface area contributed by atoms with E-state index in [1.807, 2.05) is 4.90 Å². The number of carbonyl (C=O) groups is 1. The lowest BCUT2D eigenvalue weighted by Crippen LogP contribution is -2.27. The van der Waals surface area contributed by atoms with Crippen LogP contribution in [0.3, 0.4) is 0 Å². The number of carbonyl (C=O) groups excluding carboxylic acids is 1. The molecule has 1 fully saturated rings. The number of para-hydroxylation sites is 1. The first-order chi connectivity index (χ1) is 9.08. The molecule has 1 heterocycles. The summed E-state index contributed by atoms with van der Waals surface area (Å²) in [6, 6.07) is 4.56. The quantitative estimate of drug-likeness (QED) is 0.781. The summed E-state index contributed by atoms with van der Waals surface area (Å²) in [5, 5.41) is 0. The Balaban J connectivity index is 2.35. The van der Waals surface area contributed by atoms with Crippen LogP contribution in [0.5, 0.6) is 0 Å². The normalized spacial score (nSPS) is 22.8. The van der Waals surface area contributed by atoms with Crippen LogP contribution in [-0.4, -0.2) is 45.3 Å². The SMILES string of the molecule is COC1CN(c2c(F)cccc2C(C)=O)CC1OC. The number of anilines is 1. The number of halogens is 1. The van der Waals surface area contributed by atoms with Crippen molar-refractivity contribution in [2.24, 2.45) is 0 Å². The minimum Gasteiger partial charge on any atom is -0.377 e. The predicted octanol–water partition coefficient (Wildman–Crippen LogP) is 1.88. The molecular formula is C14H18FNO3. The third-order valence-corrected chi connectivity index (χ3v) is 3.50. The second kappa shape index (κ2) is 5.67. The predicted molar refractivity (Wildman–Crippen MR) is 70.2 cm³/mol. The van der Waals surface area contributed by atoms with Crippen LogP contribution in [0.1, 0.15) is 17.3 Å². The summed E-state index contributed by atoms with van der Waals surface area (Å²) in [6.45, 7) is 2.46. The molecule has 5 heteroatoms. The standard InChI is InChI=1S/C14H18FNO3/c1-9(17)10-5-4-6-11(15)14(10)16-7-12(18-2)13(8-16)19-3/h4-6,12-13H,7-8H2,1-3H3. The van der Waals surface area contributed by atoms with Gasteiger partial charge in [-0.3, -0.25) is 4.79 Å². The van der Waals surface area contributed by atoms with Crippen molar-refractivity contribution in [3.05, 3.63) is 29.6 Å². The molecule has 19 heavy (non-hydrogen) atoms. The molecule has 0 radical (unpaired) electrons. The first kappa shape index (κ1) is 14.0. The summed E-state index contributed by atoms with van der Waals surface area (Å²) in [6.07, 6.45) is -0.242. The number of methoxy groups -OCH3 is 2. The molecule has 0 bridgehead atoms. The Morgan fingerprint density at radius 1 is 1.26 bits per heavy atom. The molecule has 1 aromatic carbocycles. The molecule has 0 amide bonds. The van der Waals surface area contributed by atoms with Gasteiger partial charge in [-0.05, 0) is 19.1 Å². The number of rotatable bonds is 4. The van der Waals surface area contributed by atoms with E-state index in [0.29, 0.717) is 24.3 Å². The van der Waals surface area contributed by atoms with E-state index >= 15 is 0 Å². The number of Topliss-reactive ketones (excluding diaryl/α,β-unsaturated/α-hetero) is 1. The zero-order valence-corrected chi connectivity index (χ0v) is 11.4. The number of nitrogens with zero attached hydrogens (tertiary/aromatic N) is 1. The van der Waals surface area contributed by atoms with Crippen LogP contribution in [-0.2, 0) is 9.47 Å². The van der Waals surface area contributed by atoms with Gasteiger partial charge in [-0.25, -0.2) is 4.39 Å². The summed E-state index contributed by atoms with van der Waals surface area (Å²) in [7, 11) is 3.21. The highest BCUT2D eigenvalue weighted by molar-refractivity contribution is 5.99. The average Bonchev–Trinajstić information content (AvgIpc) is 2.81. The van der Waals surface area contributed by atoms with Crippen molar-refractivity contribution < 1.29 is 18.7 Å². The number of hydrogen-bond donors (Lipinski definition) is 0. The Labute approximate surface area is 112 Å². The van der Waals surface area contributed by atoms with Gasteiger partial charge in [0.15, 0.2) is 5.78 Å². The highest BCUT2D eigenvalue weighted by atomic mass is 19.1. The van der Waals surface area contributed by atoms with Crippen molar-refractivity contribution in [2.75, 3.05) is 32.2 Å². The maximum atomic E-state index is 14.0. The molecule has 2 rings (SSSR count). The van der Waals surface area contributed by atoms with Crippen molar-refractivity contribution in [1.82, 2.24) is 0 Å². The number of ether oxygens (including phenoxy) is 2. The topological polar surface area (TPSA) is 38.8 Å². The summed E-state index contributed by atoms with van der Waals surface area (Å²) >= 11 is 0. The molecule has 2 unspecified atom stereocenters. The molecule has 0 N–H and O–H groups in total. The van der Waals surface area contributed by atoms with Crippen molar-refractivity contribution in [2.45, 2.75) is 19.1 Å². The van der Waals surface area contributed by atoms with E-state index in [-0.39, 0.29) is 23.8 Å². The molecule has 0 saturated carbocycles. The molecule has 1 aromatic rings. The van der Waals surface area contributed by atoms with Gasteiger partial charge in [0.1, 0.15) is 18.0 Å². The fourth-order valence-electron chi connectivity index (χ4n) is 2.50. The first-order valence-corrected chi connectivity index (χ1v) is 6.18. The van der Waals surface area contributed by atoms with Gasteiger partial charge in [-0.2, -0.15) is 0 Å². The zero-order valence-electron chi connectivity index (χ0n) is 11.4. The van der Waals surface area contributed by atoms with Crippen molar-refractivity contribution in [1.29, 1.82) is 0 Å². The molecule has 104 valence electrons. The Bertz CT molecular complexity index is 466. The van der Waals surface area contributed by atoms with Crippen molar-refractivity contribution in [3.63, 3.8) is 0 Å². The van der Waals surface area contributed by atoms with Gasteiger partial charge in [0.2, 0.25) is 0 Å². The van der Waals surface area contributed by atoms with E-state index in [1.54, 1.807) is 26.4 Å². The average molecular weight is 267 g/mol. The number of ketones is 1.